The van der Waals surface area contributed by atoms with Gasteiger partial charge in [0.05, 0.1) is 0 Å². The molecular weight excluding hydrogens is 118 g/mol. The lowest BCUT2D eigenvalue weighted by atomic mass is 10.2. The van der Waals surface area contributed by atoms with Crippen LogP contribution in [0.3, 0.4) is 0 Å². The van der Waals surface area contributed by atoms with Crippen molar-refractivity contribution in [3.63, 3.8) is 0 Å². The summed E-state index contributed by atoms with van der Waals surface area (Å²) in [4.78, 5) is 10.2. The summed E-state index contributed by atoms with van der Waals surface area (Å²) in [5, 5.41) is 11.1. The fourth-order valence-corrected chi connectivity index (χ4v) is 0.565. The molecule has 2 N–H and O–H groups in total. The average Bonchev–Trinajstić information content (AvgIpc) is 1.82. The van der Waals surface area contributed by atoms with Crippen LogP contribution in [0.25, 0.3) is 0 Å². The van der Waals surface area contributed by atoms with E-state index in [0.717, 1.165) is 0 Å². The zero-order valence-corrected chi connectivity index (χ0v) is 5.72. The van der Waals surface area contributed by atoms with Crippen LogP contribution in [0.5, 0.6) is 0 Å². The maximum atomic E-state index is 10.2. The van der Waals surface area contributed by atoms with Crippen LogP contribution in [0.15, 0.2) is 0 Å². The predicted octanol–water partition coefficient (Wildman–Crippen LogP) is 0.621. The molecule has 3 nitrogen and oxygen atoms in total. The van der Waals surface area contributed by atoms with Gasteiger partial charge in [-0.1, -0.05) is 6.92 Å². The maximum absolute atomic E-state index is 10.2. The van der Waals surface area contributed by atoms with E-state index in [1.807, 2.05) is 6.92 Å². The first-order valence-corrected chi connectivity index (χ1v) is 2.99. The van der Waals surface area contributed by atoms with Crippen molar-refractivity contribution in [3.05, 3.63) is 6.54 Å². The standard InChI is InChI=1S/C6H12NO2/c1-3-5(6(8)9)7-4-2/h4-5,7H,3H2,1-2H3,(H,8,9). The summed E-state index contributed by atoms with van der Waals surface area (Å²) in [6.07, 6.45) is 0.611. The molecule has 0 aromatic heterocycles. The topological polar surface area (TPSA) is 49.3 Å². The van der Waals surface area contributed by atoms with Crippen LogP contribution in [0.1, 0.15) is 20.3 Å². The first kappa shape index (κ1) is 8.43. The highest BCUT2D eigenvalue weighted by molar-refractivity contribution is 5.73. The molecule has 0 saturated heterocycles. The largest absolute Gasteiger partial charge is 0.480 e. The molecule has 9 heavy (non-hydrogen) atoms. The number of hydrogen-bond acceptors (Lipinski definition) is 2. The summed E-state index contributed by atoms with van der Waals surface area (Å²) in [5.41, 5.74) is 0. The van der Waals surface area contributed by atoms with Crippen molar-refractivity contribution in [1.29, 1.82) is 0 Å². The van der Waals surface area contributed by atoms with E-state index in [-0.39, 0.29) is 0 Å². The lowest BCUT2D eigenvalue weighted by molar-refractivity contribution is -0.139. The lowest BCUT2D eigenvalue weighted by Gasteiger charge is -2.08. The van der Waals surface area contributed by atoms with Crippen molar-refractivity contribution in [2.24, 2.45) is 0 Å². The zero-order chi connectivity index (χ0) is 7.28. The second-order valence-corrected chi connectivity index (χ2v) is 1.75. The normalized spacial score (nSPS) is 13.1. The Morgan fingerprint density at radius 1 is 1.89 bits per heavy atom. The Morgan fingerprint density at radius 3 is 2.56 bits per heavy atom. The number of aliphatic carboxylic acids is 1. The molecule has 0 bridgehead atoms. The fraction of sp³-hybridized carbons (Fsp3) is 0.667. The van der Waals surface area contributed by atoms with E-state index in [9.17, 15) is 4.79 Å². The van der Waals surface area contributed by atoms with Crippen molar-refractivity contribution in [1.82, 2.24) is 5.32 Å². The molecule has 53 valence electrons. The molecule has 0 heterocycles. The number of carbonyl (C=O) groups is 1. The molecule has 0 amide bonds. The molecule has 0 aliphatic heterocycles. The Morgan fingerprint density at radius 2 is 2.44 bits per heavy atom. The number of carboxylic acids is 1. The van der Waals surface area contributed by atoms with Crippen LogP contribution >= 0.6 is 0 Å². The highest BCUT2D eigenvalue weighted by Gasteiger charge is 2.11. The zero-order valence-electron chi connectivity index (χ0n) is 5.72. The van der Waals surface area contributed by atoms with Gasteiger partial charge in [0.25, 0.3) is 0 Å². The molecule has 1 unspecified atom stereocenters. The van der Waals surface area contributed by atoms with Crippen LogP contribution in [0.2, 0.25) is 0 Å². The highest BCUT2D eigenvalue weighted by atomic mass is 16.4. The second-order valence-electron chi connectivity index (χ2n) is 1.75. The molecule has 0 aliphatic rings. The Bertz CT molecular complexity index is 93.1. The number of nitrogens with one attached hydrogen (secondary N) is 1. The SMILES string of the molecule is C[CH]NC(CC)C(=O)O. The van der Waals surface area contributed by atoms with Gasteiger partial charge in [-0.05, 0) is 13.3 Å². The molecule has 0 rings (SSSR count). The predicted molar refractivity (Wildman–Crippen MR) is 34.8 cm³/mol. The van der Waals surface area contributed by atoms with Gasteiger partial charge in [0.1, 0.15) is 6.04 Å². The van der Waals surface area contributed by atoms with Crippen LogP contribution in [0, 0.1) is 6.54 Å². The summed E-state index contributed by atoms with van der Waals surface area (Å²) >= 11 is 0. The molecule has 0 spiro atoms. The van der Waals surface area contributed by atoms with Crippen molar-refractivity contribution < 1.29 is 9.90 Å². The summed E-state index contributed by atoms with van der Waals surface area (Å²) in [7, 11) is 0. The minimum atomic E-state index is -0.796. The monoisotopic (exact) mass is 130 g/mol. The minimum absolute atomic E-state index is 0.421. The molecule has 0 aliphatic carbocycles. The Balaban J connectivity index is 3.54. The van der Waals surface area contributed by atoms with E-state index in [1.54, 1.807) is 13.5 Å². The number of rotatable bonds is 4. The summed E-state index contributed by atoms with van der Waals surface area (Å²) < 4.78 is 0. The number of hydrogen-bond donors (Lipinski definition) is 2. The molecule has 0 saturated carbocycles. The van der Waals surface area contributed by atoms with Gasteiger partial charge in [0.2, 0.25) is 0 Å². The molecule has 0 aromatic rings. The van der Waals surface area contributed by atoms with Gasteiger partial charge >= 0.3 is 5.97 Å². The molecule has 1 atom stereocenters. The van der Waals surface area contributed by atoms with Crippen molar-refractivity contribution in [3.8, 4) is 0 Å². The van der Waals surface area contributed by atoms with Gasteiger partial charge in [0.15, 0.2) is 0 Å². The van der Waals surface area contributed by atoms with Gasteiger partial charge < -0.3 is 10.4 Å². The van der Waals surface area contributed by atoms with E-state index in [1.165, 1.54) is 0 Å². The average molecular weight is 130 g/mol. The van der Waals surface area contributed by atoms with Crippen molar-refractivity contribution in [2.45, 2.75) is 26.3 Å². The van der Waals surface area contributed by atoms with E-state index < -0.39 is 12.0 Å². The van der Waals surface area contributed by atoms with E-state index in [2.05, 4.69) is 5.32 Å². The van der Waals surface area contributed by atoms with Crippen molar-refractivity contribution >= 4 is 5.97 Å². The highest BCUT2D eigenvalue weighted by Crippen LogP contribution is 1.89. The maximum Gasteiger partial charge on any atom is 0.320 e. The third kappa shape index (κ3) is 3.08. The van der Waals surface area contributed by atoms with Gasteiger partial charge in [-0.3, -0.25) is 4.79 Å². The second kappa shape index (κ2) is 4.32. The van der Waals surface area contributed by atoms with Crippen molar-refractivity contribution in [2.75, 3.05) is 0 Å². The van der Waals surface area contributed by atoms with Crippen LogP contribution in [-0.4, -0.2) is 17.1 Å². The van der Waals surface area contributed by atoms with Crippen LogP contribution < -0.4 is 5.32 Å². The fourth-order valence-electron chi connectivity index (χ4n) is 0.565. The Kier molecular flexibility index (Phi) is 4.05. The van der Waals surface area contributed by atoms with Crippen LogP contribution in [0.4, 0.5) is 0 Å². The third-order valence-electron chi connectivity index (χ3n) is 1.07. The van der Waals surface area contributed by atoms with E-state index in [4.69, 9.17) is 5.11 Å². The first-order valence-electron chi connectivity index (χ1n) is 2.99. The quantitative estimate of drug-likeness (QED) is 0.586. The molecule has 1 radical (unpaired) electrons. The van der Waals surface area contributed by atoms with Gasteiger partial charge in [-0.2, -0.15) is 0 Å². The molecule has 0 aromatic carbocycles. The van der Waals surface area contributed by atoms with E-state index in [0.29, 0.717) is 6.42 Å². The van der Waals surface area contributed by atoms with Gasteiger partial charge in [-0.15, -0.1) is 0 Å². The summed E-state index contributed by atoms with van der Waals surface area (Å²) in [5.74, 6) is -0.796. The lowest BCUT2D eigenvalue weighted by Crippen LogP contribution is -2.33. The Labute approximate surface area is 55.1 Å². The van der Waals surface area contributed by atoms with Gasteiger partial charge in [-0.25, -0.2) is 0 Å². The van der Waals surface area contributed by atoms with E-state index >= 15 is 0 Å². The third-order valence-corrected chi connectivity index (χ3v) is 1.07. The van der Waals surface area contributed by atoms with Gasteiger partial charge in [0, 0.05) is 6.54 Å². The number of carboxylic acid groups (broad SMARTS) is 1. The Hall–Kier alpha value is -0.570. The van der Waals surface area contributed by atoms with Crippen LogP contribution in [-0.2, 0) is 4.79 Å². The smallest absolute Gasteiger partial charge is 0.320 e. The molecule has 0 fully saturated rings. The molecule has 3 heteroatoms. The molecular formula is C6H12NO2. The first-order chi connectivity index (χ1) is 4.22. The summed E-state index contributed by atoms with van der Waals surface area (Å²) in [6, 6.07) is -0.421. The minimum Gasteiger partial charge on any atom is -0.480 e. The summed E-state index contributed by atoms with van der Waals surface area (Å²) in [6.45, 7) is 5.24.